The minimum Gasteiger partial charge on any atom is -0.497 e. The molecule has 6 nitrogen and oxygen atoms in total. The van der Waals surface area contributed by atoms with Crippen LogP contribution >= 0.6 is 0 Å². The van der Waals surface area contributed by atoms with Crippen molar-refractivity contribution in [3.8, 4) is 5.75 Å². The molecule has 6 heteroatoms. The number of methoxy groups -OCH3 is 1. The molecule has 2 amide bonds. The zero-order valence-electron chi connectivity index (χ0n) is 11.0. The van der Waals surface area contributed by atoms with Crippen molar-refractivity contribution < 1.29 is 19.4 Å². The van der Waals surface area contributed by atoms with Gasteiger partial charge in [-0.1, -0.05) is 6.07 Å². The van der Waals surface area contributed by atoms with E-state index in [1.807, 2.05) is 0 Å². The number of rotatable bonds is 6. The van der Waals surface area contributed by atoms with Gasteiger partial charge in [-0.3, -0.25) is 4.79 Å². The standard InChI is InChI=1S/C13H18N2O4/c1-9(6-7-12(16)17)14-13(18)15-10-4-3-5-11(8-10)19-2/h3-5,8-9H,6-7H2,1-2H3,(H,16,17)(H2,14,15,18). The van der Waals surface area contributed by atoms with E-state index in [0.717, 1.165) is 0 Å². The molecule has 1 unspecified atom stereocenters. The van der Waals surface area contributed by atoms with Gasteiger partial charge in [0.25, 0.3) is 0 Å². The highest BCUT2D eigenvalue weighted by atomic mass is 16.5. The highest BCUT2D eigenvalue weighted by Crippen LogP contribution is 2.16. The molecule has 0 bridgehead atoms. The monoisotopic (exact) mass is 266 g/mol. The van der Waals surface area contributed by atoms with Gasteiger partial charge < -0.3 is 20.5 Å². The van der Waals surface area contributed by atoms with E-state index in [1.54, 1.807) is 38.3 Å². The number of nitrogens with one attached hydrogen (secondary N) is 2. The van der Waals surface area contributed by atoms with E-state index >= 15 is 0 Å². The molecule has 0 radical (unpaired) electrons. The van der Waals surface area contributed by atoms with Crippen LogP contribution in [0.4, 0.5) is 10.5 Å². The van der Waals surface area contributed by atoms with E-state index in [-0.39, 0.29) is 18.5 Å². The Morgan fingerprint density at radius 1 is 1.42 bits per heavy atom. The first-order chi connectivity index (χ1) is 9.01. The third kappa shape index (κ3) is 5.76. The first-order valence-corrected chi connectivity index (χ1v) is 5.94. The summed E-state index contributed by atoms with van der Waals surface area (Å²) < 4.78 is 5.05. The highest BCUT2D eigenvalue weighted by Gasteiger charge is 2.09. The largest absolute Gasteiger partial charge is 0.497 e. The van der Waals surface area contributed by atoms with E-state index in [2.05, 4.69) is 10.6 Å². The molecule has 19 heavy (non-hydrogen) atoms. The smallest absolute Gasteiger partial charge is 0.319 e. The summed E-state index contributed by atoms with van der Waals surface area (Å²) >= 11 is 0. The highest BCUT2D eigenvalue weighted by molar-refractivity contribution is 5.89. The van der Waals surface area contributed by atoms with Gasteiger partial charge in [0, 0.05) is 24.2 Å². The van der Waals surface area contributed by atoms with Crippen molar-refractivity contribution in [1.82, 2.24) is 5.32 Å². The third-order valence-corrected chi connectivity index (χ3v) is 2.50. The molecule has 0 heterocycles. The molecule has 0 spiro atoms. The van der Waals surface area contributed by atoms with Crippen molar-refractivity contribution in [2.45, 2.75) is 25.8 Å². The maximum Gasteiger partial charge on any atom is 0.319 e. The van der Waals surface area contributed by atoms with Gasteiger partial charge in [-0.15, -0.1) is 0 Å². The van der Waals surface area contributed by atoms with Crippen molar-refractivity contribution in [3.63, 3.8) is 0 Å². The number of urea groups is 1. The Morgan fingerprint density at radius 3 is 2.79 bits per heavy atom. The quantitative estimate of drug-likeness (QED) is 0.735. The van der Waals surface area contributed by atoms with Crippen LogP contribution in [0.25, 0.3) is 0 Å². The molecule has 0 fully saturated rings. The van der Waals surface area contributed by atoms with Crippen LogP contribution in [0.1, 0.15) is 19.8 Å². The number of hydrogen-bond donors (Lipinski definition) is 3. The fraction of sp³-hybridized carbons (Fsp3) is 0.385. The first kappa shape index (κ1) is 14.8. The van der Waals surface area contributed by atoms with Gasteiger partial charge in [0.05, 0.1) is 7.11 Å². The number of benzene rings is 1. The van der Waals surface area contributed by atoms with Gasteiger partial charge in [-0.05, 0) is 25.5 Å². The molecule has 0 aliphatic carbocycles. The Labute approximate surface area is 111 Å². The second-order valence-corrected chi connectivity index (χ2v) is 4.16. The van der Waals surface area contributed by atoms with Gasteiger partial charge in [0.2, 0.25) is 0 Å². The van der Waals surface area contributed by atoms with Crippen LogP contribution in [-0.2, 0) is 4.79 Å². The van der Waals surface area contributed by atoms with Crippen LogP contribution in [0, 0.1) is 0 Å². The average Bonchev–Trinajstić information content (AvgIpc) is 2.36. The SMILES string of the molecule is COc1cccc(NC(=O)NC(C)CCC(=O)O)c1. The fourth-order valence-electron chi connectivity index (χ4n) is 1.50. The predicted molar refractivity (Wildman–Crippen MR) is 71.5 cm³/mol. The van der Waals surface area contributed by atoms with Crippen molar-refractivity contribution in [2.24, 2.45) is 0 Å². The van der Waals surface area contributed by atoms with Gasteiger partial charge in [0.15, 0.2) is 0 Å². The zero-order chi connectivity index (χ0) is 14.3. The lowest BCUT2D eigenvalue weighted by Gasteiger charge is -2.14. The summed E-state index contributed by atoms with van der Waals surface area (Å²) in [7, 11) is 1.55. The summed E-state index contributed by atoms with van der Waals surface area (Å²) in [6, 6.07) is 6.40. The van der Waals surface area contributed by atoms with Crippen molar-refractivity contribution in [3.05, 3.63) is 24.3 Å². The number of amides is 2. The van der Waals surface area contributed by atoms with Crippen LogP contribution in [0.15, 0.2) is 24.3 Å². The molecule has 0 saturated carbocycles. The van der Waals surface area contributed by atoms with Crippen LogP contribution in [0.2, 0.25) is 0 Å². The molecule has 104 valence electrons. The molecule has 1 aromatic carbocycles. The van der Waals surface area contributed by atoms with E-state index < -0.39 is 5.97 Å². The molecule has 0 aliphatic rings. The number of carbonyl (C=O) groups is 2. The Morgan fingerprint density at radius 2 is 2.16 bits per heavy atom. The Bertz CT molecular complexity index is 448. The molecular weight excluding hydrogens is 248 g/mol. The van der Waals surface area contributed by atoms with Crippen LogP contribution in [0.3, 0.4) is 0 Å². The van der Waals surface area contributed by atoms with Gasteiger partial charge in [0.1, 0.15) is 5.75 Å². The Hall–Kier alpha value is -2.24. The van der Waals surface area contributed by atoms with Gasteiger partial charge >= 0.3 is 12.0 Å². The Balaban J connectivity index is 2.43. The van der Waals surface area contributed by atoms with Crippen molar-refractivity contribution in [1.29, 1.82) is 0 Å². The summed E-state index contributed by atoms with van der Waals surface area (Å²) in [5, 5.41) is 13.9. The normalized spacial score (nSPS) is 11.5. The number of anilines is 1. The van der Waals surface area contributed by atoms with E-state index in [4.69, 9.17) is 9.84 Å². The summed E-state index contributed by atoms with van der Waals surface area (Å²) in [6.45, 7) is 1.76. The van der Waals surface area contributed by atoms with E-state index in [1.165, 1.54) is 0 Å². The number of ether oxygens (including phenoxy) is 1. The topological polar surface area (TPSA) is 87.7 Å². The molecular formula is C13H18N2O4. The lowest BCUT2D eigenvalue weighted by atomic mass is 10.2. The van der Waals surface area contributed by atoms with Gasteiger partial charge in [-0.25, -0.2) is 4.79 Å². The lowest BCUT2D eigenvalue weighted by molar-refractivity contribution is -0.137. The number of carbonyl (C=O) groups excluding carboxylic acids is 1. The van der Waals surface area contributed by atoms with Crippen LogP contribution < -0.4 is 15.4 Å². The summed E-state index contributed by atoms with van der Waals surface area (Å²) in [4.78, 5) is 22.1. The summed E-state index contributed by atoms with van der Waals surface area (Å²) in [5.74, 6) is -0.224. The molecule has 1 atom stereocenters. The Kier molecular flexibility index (Phi) is 5.66. The van der Waals surface area contributed by atoms with Crippen molar-refractivity contribution in [2.75, 3.05) is 12.4 Å². The third-order valence-electron chi connectivity index (χ3n) is 2.50. The predicted octanol–water partition coefficient (Wildman–Crippen LogP) is 2.07. The number of aliphatic carboxylic acids is 1. The minimum absolute atomic E-state index is 0.0284. The maximum absolute atomic E-state index is 11.7. The fourth-order valence-corrected chi connectivity index (χ4v) is 1.50. The molecule has 3 N–H and O–H groups in total. The number of carboxylic acids is 1. The maximum atomic E-state index is 11.7. The molecule has 1 rings (SSSR count). The molecule has 0 aromatic heterocycles. The summed E-state index contributed by atoms with van der Waals surface area (Å²) in [5.41, 5.74) is 0.613. The molecule has 1 aromatic rings. The lowest BCUT2D eigenvalue weighted by Crippen LogP contribution is -2.36. The molecule has 0 saturated heterocycles. The zero-order valence-corrected chi connectivity index (χ0v) is 11.0. The second-order valence-electron chi connectivity index (χ2n) is 4.16. The van der Waals surface area contributed by atoms with E-state index in [0.29, 0.717) is 17.9 Å². The van der Waals surface area contributed by atoms with Crippen molar-refractivity contribution >= 4 is 17.7 Å². The number of carboxylic acid groups (broad SMARTS) is 1. The first-order valence-electron chi connectivity index (χ1n) is 5.94. The van der Waals surface area contributed by atoms with Crippen LogP contribution in [-0.4, -0.2) is 30.3 Å². The summed E-state index contributed by atoms with van der Waals surface area (Å²) in [6.07, 6.45) is 0.418. The minimum atomic E-state index is -0.873. The van der Waals surface area contributed by atoms with Crippen LogP contribution in [0.5, 0.6) is 5.75 Å². The average molecular weight is 266 g/mol. The van der Waals surface area contributed by atoms with Gasteiger partial charge in [-0.2, -0.15) is 0 Å². The molecule has 0 aliphatic heterocycles. The van der Waals surface area contributed by atoms with E-state index in [9.17, 15) is 9.59 Å². The second kappa shape index (κ2) is 7.25. The number of hydrogen-bond acceptors (Lipinski definition) is 3.